The van der Waals surface area contributed by atoms with E-state index in [2.05, 4.69) is 10.2 Å². The number of morpholine rings is 1. The van der Waals surface area contributed by atoms with Crippen LogP contribution in [0, 0.1) is 5.82 Å². The maximum absolute atomic E-state index is 13.5. The van der Waals surface area contributed by atoms with Gasteiger partial charge in [-0.3, -0.25) is 9.69 Å². The Balaban J connectivity index is 2.05. The Labute approximate surface area is 136 Å². The minimum atomic E-state index is -0.264. The van der Waals surface area contributed by atoms with E-state index in [1.807, 2.05) is 19.1 Å². The van der Waals surface area contributed by atoms with Crippen LogP contribution in [-0.4, -0.2) is 43.7 Å². The van der Waals surface area contributed by atoms with Gasteiger partial charge in [-0.1, -0.05) is 30.4 Å². The molecule has 0 aliphatic carbocycles. The fraction of sp³-hybridized carbons (Fsp3) is 0.389. The van der Waals surface area contributed by atoms with Crippen molar-refractivity contribution in [3.05, 3.63) is 60.0 Å². The molecule has 1 unspecified atom stereocenters. The molecule has 0 bridgehead atoms. The Morgan fingerprint density at radius 1 is 1.39 bits per heavy atom. The van der Waals surface area contributed by atoms with E-state index >= 15 is 0 Å². The molecule has 1 heterocycles. The molecule has 4 nitrogen and oxygen atoms in total. The highest BCUT2D eigenvalue weighted by molar-refractivity contribution is 5.87. The normalized spacial score (nSPS) is 17.7. The highest BCUT2D eigenvalue weighted by Crippen LogP contribution is 2.22. The van der Waals surface area contributed by atoms with Gasteiger partial charge in [-0.2, -0.15) is 0 Å². The molecular weight excluding hydrogens is 295 g/mol. The topological polar surface area (TPSA) is 41.6 Å². The molecule has 2 rings (SSSR count). The Kier molecular flexibility index (Phi) is 6.97. The van der Waals surface area contributed by atoms with E-state index in [1.165, 1.54) is 18.2 Å². The number of halogens is 1. The van der Waals surface area contributed by atoms with Crippen molar-refractivity contribution in [1.29, 1.82) is 0 Å². The molecule has 1 aliphatic rings. The molecule has 1 saturated heterocycles. The quantitative estimate of drug-likeness (QED) is 0.647. The number of amides is 1. The zero-order valence-electron chi connectivity index (χ0n) is 13.4. The second kappa shape index (κ2) is 9.22. The number of ether oxygens (including phenoxy) is 1. The van der Waals surface area contributed by atoms with Gasteiger partial charge < -0.3 is 10.1 Å². The van der Waals surface area contributed by atoms with Crippen LogP contribution in [0.15, 0.2) is 48.6 Å². The van der Waals surface area contributed by atoms with Crippen molar-refractivity contribution < 1.29 is 13.9 Å². The van der Waals surface area contributed by atoms with E-state index in [9.17, 15) is 9.18 Å². The third-order valence-corrected chi connectivity index (χ3v) is 3.74. The summed E-state index contributed by atoms with van der Waals surface area (Å²) in [6, 6.07) is 6.49. The first-order valence-electron chi connectivity index (χ1n) is 7.85. The van der Waals surface area contributed by atoms with Gasteiger partial charge in [-0.25, -0.2) is 4.39 Å². The molecule has 0 aromatic heterocycles. The monoisotopic (exact) mass is 318 g/mol. The molecule has 0 saturated carbocycles. The summed E-state index contributed by atoms with van der Waals surface area (Å²) in [6.45, 7) is 5.17. The molecule has 1 aliphatic heterocycles. The fourth-order valence-electron chi connectivity index (χ4n) is 2.57. The third kappa shape index (κ3) is 5.62. The van der Waals surface area contributed by atoms with Crippen molar-refractivity contribution in [2.24, 2.45) is 0 Å². The maximum atomic E-state index is 13.5. The van der Waals surface area contributed by atoms with Crippen LogP contribution in [0.1, 0.15) is 18.5 Å². The summed E-state index contributed by atoms with van der Waals surface area (Å²) in [6.07, 6.45) is 6.84. The van der Waals surface area contributed by atoms with Crippen molar-refractivity contribution in [3.8, 4) is 0 Å². The molecule has 1 amide bonds. The van der Waals surface area contributed by atoms with Gasteiger partial charge in [0.25, 0.3) is 0 Å². The first-order valence-corrected chi connectivity index (χ1v) is 7.85. The maximum Gasteiger partial charge on any atom is 0.244 e. The Morgan fingerprint density at radius 3 is 2.87 bits per heavy atom. The molecule has 0 spiro atoms. The zero-order valence-corrected chi connectivity index (χ0v) is 13.4. The second-order valence-electron chi connectivity index (χ2n) is 5.35. The number of hydrogen-bond donors (Lipinski definition) is 1. The number of nitrogens with zero attached hydrogens (tertiary/aromatic N) is 1. The van der Waals surface area contributed by atoms with E-state index in [4.69, 9.17) is 4.74 Å². The minimum Gasteiger partial charge on any atom is -0.379 e. The Hall–Kier alpha value is -1.98. The Morgan fingerprint density at radius 2 is 2.17 bits per heavy atom. The number of nitrogens with one attached hydrogen (secondary N) is 1. The molecule has 5 heteroatoms. The predicted molar refractivity (Wildman–Crippen MR) is 88.5 cm³/mol. The molecular formula is C18H23FN2O2. The van der Waals surface area contributed by atoms with E-state index < -0.39 is 0 Å². The molecule has 1 aromatic carbocycles. The summed E-state index contributed by atoms with van der Waals surface area (Å²) in [4.78, 5) is 14.1. The number of rotatable bonds is 6. The number of carbonyl (C=O) groups is 1. The van der Waals surface area contributed by atoms with Crippen LogP contribution >= 0.6 is 0 Å². The van der Waals surface area contributed by atoms with Crippen molar-refractivity contribution >= 4 is 5.91 Å². The van der Waals surface area contributed by atoms with Crippen molar-refractivity contribution in [1.82, 2.24) is 10.2 Å². The average molecular weight is 318 g/mol. The van der Waals surface area contributed by atoms with Crippen molar-refractivity contribution in [3.63, 3.8) is 0 Å². The van der Waals surface area contributed by atoms with Crippen LogP contribution in [0.3, 0.4) is 0 Å². The van der Waals surface area contributed by atoms with Gasteiger partial charge in [0.1, 0.15) is 5.82 Å². The lowest BCUT2D eigenvalue weighted by Gasteiger charge is -2.34. The lowest BCUT2D eigenvalue weighted by atomic mass is 10.0. The first kappa shape index (κ1) is 17.4. The standard InChI is InChI=1S/C18H23FN2O2/c1-2-3-4-8-18(22)20-14-17(21-9-11-23-12-10-21)15-6-5-7-16(19)13-15/h2-8,13,17H,9-12,14H2,1H3,(H,20,22). The molecule has 1 aromatic rings. The summed E-state index contributed by atoms with van der Waals surface area (Å²) in [5.41, 5.74) is 0.865. The van der Waals surface area contributed by atoms with Crippen LogP contribution in [0.4, 0.5) is 4.39 Å². The summed E-state index contributed by atoms with van der Waals surface area (Å²) in [5.74, 6) is -0.419. The lowest BCUT2D eigenvalue weighted by Crippen LogP contribution is -2.43. The average Bonchev–Trinajstić information content (AvgIpc) is 2.56. The highest BCUT2D eigenvalue weighted by Gasteiger charge is 2.23. The van der Waals surface area contributed by atoms with E-state index in [-0.39, 0.29) is 17.8 Å². The van der Waals surface area contributed by atoms with Gasteiger partial charge in [-0.15, -0.1) is 0 Å². The molecule has 1 N–H and O–H groups in total. The van der Waals surface area contributed by atoms with Crippen LogP contribution in [0.25, 0.3) is 0 Å². The number of benzene rings is 1. The van der Waals surface area contributed by atoms with Crippen LogP contribution in [0.2, 0.25) is 0 Å². The molecule has 0 radical (unpaired) electrons. The summed E-state index contributed by atoms with van der Waals surface area (Å²) >= 11 is 0. The van der Waals surface area contributed by atoms with Crippen LogP contribution < -0.4 is 5.32 Å². The number of allylic oxidation sites excluding steroid dienone is 3. The first-order chi connectivity index (χ1) is 11.2. The van der Waals surface area contributed by atoms with Crippen LogP contribution in [0.5, 0.6) is 0 Å². The van der Waals surface area contributed by atoms with Gasteiger partial charge in [-0.05, 0) is 24.6 Å². The lowest BCUT2D eigenvalue weighted by molar-refractivity contribution is -0.116. The van der Waals surface area contributed by atoms with E-state index in [1.54, 1.807) is 18.2 Å². The van der Waals surface area contributed by atoms with Gasteiger partial charge >= 0.3 is 0 Å². The van der Waals surface area contributed by atoms with E-state index in [0.29, 0.717) is 19.8 Å². The van der Waals surface area contributed by atoms with Gasteiger partial charge in [0, 0.05) is 25.7 Å². The van der Waals surface area contributed by atoms with Gasteiger partial charge in [0.05, 0.1) is 19.3 Å². The van der Waals surface area contributed by atoms with E-state index in [0.717, 1.165) is 18.7 Å². The van der Waals surface area contributed by atoms with Crippen molar-refractivity contribution in [2.75, 3.05) is 32.8 Å². The summed E-state index contributed by atoms with van der Waals surface area (Å²) < 4.78 is 18.9. The fourth-order valence-corrected chi connectivity index (χ4v) is 2.57. The highest BCUT2D eigenvalue weighted by atomic mass is 19.1. The summed E-state index contributed by atoms with van der Waals surface area (Å²) in [5, 5.41) is 2.89. The third-order valence-electron chi connectivity index (χ3n) is 3.74. The number of hydrogen-bond acceptors (Lipinski definition) is 3. The minimum absolute atomic E-state index is 0.0614. The predicted octanol–water partition coefficient (Wildman–Crippen LogP) is 2.45. The molecule has 1 atom stereocenters. The molecule has 23 heavy (non-hydrogen) atoms. The van der Waals surface area contributed by atoms with Gasteiger partial charge in [0.2, 0.25) is 5.91 Å². The smallest absolute Gasteiger partial charge is 0.244 e. The van der Waals surface area contributed by atoms with Gasteiger partial charge in [0.15, 0.2) is 0 Å². The second-order valence-corrected chi connectivity index (χ2v) is 5.35. The SMILES string of the molecule is CC=CC=CC(=O)NCC(c1cccc(F)c1)N1CCOCC1. The number of carbonyl (C=O) groups excluding carboxylic acids is 1. The zero-order chi connectivity index (χ0) is 16.5. The summed E-state index contributed by atoms with van der Waals surface area (Å²) in [7, 11) is 0. The largest absolute Gasteiger partial charge is 0.379 e. The Bertz CT molecular complexity index is 566. The van der Waals surface area contributed by atoms with Crippen LogP contribution in [-0.2, 0) is 9.53 Å². The van der Waals surface area contributed by atoms with Crippen molar-refractivity contribution in [2.45, 2.75) is 13.0 Å². The molecule has 124 valence electrons. The molecule has 1 fully saturated rings.